The molecule has 1 rings (SSSR count). The van der Waals surface area contributed by atoms with E-state index in [0.717, 1.165) is 16.6 Å². The molecule has 0 aliphatic rings. The first kappa shape index (κ1) is 9.24. The molecular weight excluding hydrogens is 216 g/mol. The minimum absolute atomic E-state index is 0.698. The van der Waals surface area contributed by atoms with Gasteiger partial charge in [0.1, 0.15) is 0 Å². The molecule has 0 aromatic heterocycles. The van der Waals surface area contributed by atoms with Gasteiger partial charge in [-0.3, -0.25) is 0 Å². The number of hydrogen-bond acceptors (Lipinski definition) is 2. The van der Waals surface area contributed by atoms with Crippen molar-refractivity contribution in [2.24, 2.45) is 0 Å². The number of nitrogens with one attached hydrogen (secondary N) is 1. The number of nitrogens with zero attached hydrogens (tertiary/aromatic N) is 1. The second kappa shape index (κ2) is 4.24. The van der Waals surface area contributed by atoms with E-state index in [4.69, 9.17) is 5.26 Å². The number of rotatable bonds is 2. The van der Waals surface area contributed by atoms with Crippen molar-refractivity contribution in [3.63, 3.8) is 0 Å². The summed E-state index contributed by atoms with van der Waals surface area (Å²) in [5, 5.41) is 11.7. The summed E-state index contributed by atoms with van der Waals surface area (Å²) in [4.78, 5) is 0. The van der Waals surface area contributed by atoms with E-state index >= 15 is 0 Å². The Bertz CT molecular complexity index is 315. The van der Waals surface area contributed by atoms with Gasteiger partial charge in [-0.05, 0) is 30.8 Å². The van der Waals surface area contributed by atoms with Gasteiger partial charge in [0.05, 0.1) is 11.6 Å². The highest BCUT2D eigenvalue weighted by Crippen LogP contribution is 2.17. The summed E-state index contributed by atoms with van der Waals surface area (Å²) < 4.78 is 1.04. The van der Waals surface area contributed by atoms with Crippen LogP contribution in [0.5, 0.6) is 0 Å². The van der Waals surface area contributed by atoms with E-state index in [1.807, 2.05) is 19.2 Å². The van der Waals surface area contributed by atoms with Crippen LogP contribution in [0.4, 0.5) is 0 Å². The zero-order chi connectivity index (χ0) is 8.97. The molecule has 0 fully saturated rings. The van der Waals surface area contributed by atoms with Crippen molar-refractivity contribution >= 4 is 15.9 Å². The fourth-order valence-corrected chi connectivity index (χ4v) is 1.36. The lowest BCUT2D eigenvalue weighted by atomic mass is 10.1. The third-order valence-corrected chi connectivity index (χ3v) is 2.32. The molecule has 0 heterocycles. The molecular formula is C9H9BrN2. The van der Waals surface area contributed by atoms with Crippen molar-refractivity contribution in [1.82, 2.24) is 5.32 Å². The highest BCUT2D eigenvalue weighted by molar-refractivity contribution is 9.10. The number of hydrogen-bond donors (Lipinski definition) is 1. The molecule has 12 heavy (non-hydrogen) atoms. The molecule has 0 amide bonds. The Morgan fingerprint density at radius 3 is 2.92 bits per heavy atom. The first-order chi connectivity index (χ1) is 5.77. The maximum atomic E-state index is 8.64. The summed E-state index contributed by atoms with van der Waals surface area (Å²) in [6, 6.07) is 7.67. The van der Waals surface area contributed by atoms with Gasteiger partial charge in [0.2, 0.25) is 0 Å². The van der Waals surface area contributed by atoms with Crippen LogP contribution in [0.2, 0.25) is 0 Å². The lowest BCUT2D eigenvalue weighted by molar-refractivity contribution is 0.814. The predicted octanol–water partition coefficient (Wildman–Crippen LogP) is 2.04. The number of halogens is 1. The normalized spacial score (nSPS) is 9.42. The van der Waals surface area contributed by atoms with Crippen LogP contribution in [0.15, 0.2) is 22.7 Å². The van der Waals surface area contributed by atoms with Gasteiger partial charge < -0.3 is 5.32 Å². The standard InChI is InChI=1S/C9H9BrN2/c1-12-6-8-4-7(5-11)2-3-9(8)10/h2-4,12H,6H2,1H3. The second-order valence-corrected chi connectivity index (χ2v) is 3.30. The average Bonchev–Trinajstić information content (AvgIpc) is 2.09. The molecule has 3 heteroatoms. The quantitative estimate of drug-likeness (QED) is 0.835. The van der Waals surface area contributed by atoms with Crippen LogP contribution in [0, 0.1) is 11.3 Å². The van der Waals surface area contributed by atoms with Crippen LogP contribution >= 0.6 is 15.9 Å². The minimum atomic E-state index is 0.698. The van der Waals surface area contributed by atoms with Gasteiger partial charge in [0.25, 0.3) is 0 Å². The topological polar surface area (TPSA) is 35.8 Å². The van der Waals surface area contributed by atoms with E-state index in [1.165, 1.54) is 0 Å². The van der Waals surface area contributed by atoms with Crippen molar-refractivity contribution in [1.29, 1.82) is 5.26 Å². The van der Waals surface area contributed by atoms with Gasteiger partial charge >= 0.3 is 0 Å². The Balaban J connectivity index is 3.01. The molecule has 0 radical (unpaired) electrons. The summed E-state index contributed by atoms with van der Waals surface area (Å²) >= 11 is 3.41. The highest BCUT2D eigenvalue weighted by atomic mass is 79.9. The molecule has 0 unspecified atom stereocenters. The van der Waals surface area contributed by atoms with Gasteiger partial charge in [-0.2, -0.15) is 5.26 Å². The molecule has 0 bridgehead atoms. The fourth-order valence-electron chi connectivity index (χ4n) is 0.970. The molecule has 0 atom stereocenters. The minimum Gasteiger partial charge on any atom is -0.316 e. The first-order valence-electron chi connectivity index (χ1n) is 3.61. The lowest BCUT2D eigenvalue weighted by Gasteiger charge is -2.02. The van der Waals surface area contributed by atoms with Crippen LogP contribution in [0.1, 0.15) is 11.1 Å². The molecule has 0 saturated carbocycles. The van der Waals surface area contributed by atoms with Crippen LogP contribution in [0.25, 0.3) is 0 Å². The zero-order valence-electron chi connectivity index (χ0n) is 6.76. The van der Waals surface area contributed by atoms with Crippen molar-refractivity contribution in [2.75, 3.05) is 7.05 Å². The van der Waals surface area contributed by atoms with E-state index in [-0.39, 0.29) is 0 Å². The monoisotopic (exact) mass is 224 g/mol. The van der Waals surface area contributed by atoms with Gasteiger partial charge in [0, 0.05) is 11.0 Å². The largest absolute Gasteiger partial charge is 0.316 e. The molecule has 0 aliphatic carbocycles. The van der Waals surface area contributed by atoms with Crippen molar-refractivity contribution < 1.29 is 0 Å². The highest BCUT2D eigenvalue weighted by Gasteiger charge is 1.99. The molecule has 1 aromatic rings. The molecule has 1 aromatic carbocycles. The maximum Gasteiger partial charge on any atom is 0.0991 e. The fraction of sp³-hybridized carbons (Fsp3) is 0.222. The first-order valence-corrected chi connectivity index (χ1v) is 4.40. The van der Waals surface area contributed by atoms with Crippen LogP contribution < -0.4 is 5.32 Å². The summed E-state index contributed by atoms with van der Waals surface area (Å²) in [5.74, 6) is 0. The number of nitriles is 1. The van der Waals surface area contributed by atoms with Crippen molar-refractivity contribution in [3.05, 3.63) is 33.8 Å². The van der Waals surface area contributed by atoms with E-state index in [0.29, 0.717) is 5.56 Å². The van der Waals surface area contributed by atoms with Crippen LogP contribution in [0.3, 0.4) is 0 Å². The maximum absolute atomic E-state index is 8.64. The smallest absolute Gasteiger partial charge is 0.0991 e. The Morgan fingerprint density at radius 1 is 1.58 bits per heavy atom. The zero-order valence-corrected chi connectivity index (χ0v) is 8.35. The third kappa shape index (κ3) is 2.07. The summed E-state index contributed by atoms with van der Waals surface area (Å²) in [6.07, 6.45) is 0. The lowest BCUT2D eigenvalue weighted by Crippen LogP contribution is -2.05. The van der Waals surface area contributed by atoms with Crippen molar-refractivity contribution in [3.8, 4) is 6.07 Å². The van der Waals surface area contributed by atoms with Crippen LogP contribution in [-0.4, -0.2) is 7.05 Å². The van der Waals surface area contributed by atoms with Gasteiger partial charge in [-0.1, -0.05) is 15.9 Å². The summed E-state index contributed by atoms with van der Waals surface area (Å²) in [6.45, 7) is 0.774. The van der Waals surface area contributed by atoms with Crippen LogP contribution in [-0.2, 0) is 6.54 Å². The van der Waals surface area contributed by atoms with E-state index < -0.39 is 0 Å². The second-order valence-electron chi connectivity index (χ2n) is 2.45. The van der Waals surface area contributed by atoms with Gasteiger partial charge in [-0.25, -0.2) is 0 Å². The molecule has 2 nitrogen and oxygen atoms in total. The Labute approximate surface area is 80.3 Å². The summed E-state index contributed by atoms with van der Waals surface area (Å²) in [5.41, 5.74) is 1.81. The molecule has 62 valence electrons. The molecule has 1 N–H and O–H groups in total. The van der Waals surface area contributed by atoms with Gasteiger partial charge in [0.15, 0.2) is 0 Å². The number of benzene rings is 1. The predicted molar refractivity (Wildman–Crippen MR) is 51.6 cm³/mol. The van der Waals surface area contributed by atoms with E-state index in [9.17, 15) is 0 Å². The molecule has 0 spiro atoms. The van der Waals surface area contributed by atoms with E-state index in [2.05, 4.69) is 27.3 Å². The molecule has 0 aliphatic heterocycles. The van der Waals surface area contributed by atoms with Crippen molar-refractivity contribution in [2.45, 2.75) is 6.54 Å². The van der Waals surface area contributed by atoms with Gasteiger partial charge in [-0.15, -0.1) is 0 Å². The Morgan fingerprint density at radius 2 is 2.33 bits per heavy atom. The average molecular weight is 225 g/mol. The SMILES string of the molecule is CNCc1cc(C#N)ccc1Br. The Kier molecular flexibility index (Phi) is 3.27. The molecule has 0 saturated heterocycles. The third-order valence-electron chi connectivity index (χ3n) is 1.54. The summed E-state index contributed by atoms with van der Waals surface area (Å²) in [7, 11) is 1.88. The Hall–Kier alpha value is -0.850. The van der Waals surface area contributed by atoms with E-state index in [1.54, 1.807) is 6.07 Å².